The molecule has 0 unspecified atom stereocenters. The molecule has 0 radical (unpaired) electrons. The summed E-state index contributed by atoms with van der Waals surface area (Å²) in [5, 5.41) is 10.1. The van der Waals surface area contributed by atoms with E-state index in [9.17, 15) is 4.79 Å². The number of nitrogens with zero attached hydrogens (tertiary/aromatic N) is 2. The second kappa shape index (κ2) is 9.63. The molecule has 36 heavy (non-hydrogen) atoms. The average Bonchev–Trinajstić information content (AvgIpc) is 2.86. The van der Waals surface area contributed by atoms with Gasteiger partial charge < -0.3 is 16.0 Å². The third-order valence-electron chi connectivity index (χ3n) is 6.24. The van der Waals surface area contributed by atoms with E-state index in [0.29, 0.717) is 22.4 Å². The second-order valence-corrected chi connectivity index (χ2v) is 10.4. The van der Waals surface area contributed by atoms with Crippen LogP contribution in [0.4, 0.5) is 28.8 Å². The highest BCUT2D eigenvalue weighted by Gasteiger charge is 2.16. The summed E-state index contributed by atoms with van der Waals surface area (Å²) in [4.78, 5) is 21.9. The van der Waals surface area contributed by atoms with Gasteiger partial charge >= 0.3 is 0 Å². The first-order valence-corrected chi connectivity index (χ1v) is 12.3. The molecule has 0 saturated heterocycles. The first-order chi connectivity index (χ1) is 17.2. The SMILES string of the molecule is CC(C)(C)c1ccc(C(=O)Nc2ccc3cc2CCc2cccc(c2)Nc2ncc(Cl)c(n2)N3)cc1. The molecular formula is C29H28ClN5O. The molecule has 0 atom stereocenters. The molecule has 0 saturated carbocycles. The number of halogens is 1. The fraction of sp³-hybridized carbons (Fsp3) is 0.207. The highest BCUT2D eigenvalue weighted by atomic mass is 35.5. The van der Waals surface area contributed by atoms with Gasteiger partial charge in [0.2, 0.25) is 5.95 Å². The maximum atomic E-state index is 13.1. The Morgan fingerprint density at radius 3 is 2.50 bits per heavy atom. The maximum absolute atomic E-state index is 13.1. The van der Waals surface area contributed by atoms with Crippen LogP contribution >= 0.6 is 11.6 Å². The average molecular weight is 498 g/mol. The first-order valence-electron chi connectivity index (χ1n) is 11.9. The molecule has 5 rings (SSSR count). The number of rotatable bonds is 2. The summed E-state index contributed by atoms with van der Waals surface area (Å²) in [5.74, 6) is 0.830. The Bertz CT molecular complexity index is 1430. The quantitative estimate of drug-likeness (QED) is 0.271. The first kappa shape index (κ1) is 23.8. The molecule has 7 heteroatoms. The number of hydrogen-bond donors (Lipinski definition) is 3. The van der Waals surface area contributed by atoms with Crippen LogP contribution in [0.25, 0.3) is 0 Å². The van der Waals surface area contributed by atoms with Gasteiger partial charge in [0.25, 0.3) is 5.91 Å². The molecule has 2 heterocycles. The number of anilines is 5. The van der Waals surface area contributed by atoms with Gasteiger partial charge in [0.1, 0.15) is 5.02 Å². The van der Waals surface area contributed by atoms with Gasteiger partial charge in [0.15, 0.2) is 5.82 Å². The van der Waals surface area contributed by atoms with Gasteiger partial charge in [-0.1, -0.05) is 56.6 Å². The van der Waals surface area contributed by atoms with Crippen molar-refractivity contribution in [2.75, 3.05) is 16.0 Å². The topological polar surface area (TPSA) is 78.9 Å². The van der Waals surface area contributed by atoms with Gasteiger partial charge in [-0.05, 0) is 77.4 Å². The molecule has 3 N–H and O–H groups in total. The van der Waals surface area contributed by atoms with Crippen molar-refractivity contribution in [1.29, 1.82) is 0 Å². The van der Waals surface area contributed by atoms with Crippen molar-refractivity contribution in [3.63, 3.8) is 0 Å². The van der Waals surface area contributed by atoms with E-state index in [1.807, 2.05) is 54.6 Å². The van der Waals surface area contributed by atoms with E-state index in [2.05, 4.69) is 58.8 Å². The van der Waals surface area contributed by atoms with E-state index in [4.69, 9.17) is 11.6 Å². The predicted molar refractivity (Wildman–Crippen MR) is 147 cm³/mol. The molecule has 6 nitrogen and oxygen atoms in total. The molecule has 0 aliphatic carbocycles. The minimum absolute atomic E-state index is 0.0343. The fourth-order valence-corrected chi connectivity index (χ4v) is 4.32. The van der Waals surface area contributed by atoms with Crippen LogP contribution in [0.5, 0.6) is 0 Å². The molecule has 1 aliphatic rings. The lowest BCUT2D eigenvalue weighted by Gasteiger charge is -2.19. The van der Waals surface area contributed by atoms with Crippen LogP contribution in [-0.2, 0) is 18.3 Å². The number of amides is 1. The van der Waals surface area contributed by atoms with E-state index in [0.717, 1.165) is 35.5 Å². The summed E-state index contributed by atoms with van der Waals surface area (Å²) >= 11 is 6.37. The zero-order chi connectivity index (χ0) is 25.3. The zero-order valence-corrected chi connectivity index (χ0v) is 21.3. The molecule has 6 bridgehead atoms. The number of aromatic nitrogens is 2. The molecule has 3 aromatic carbocycles. The van der Waals surface area contributed by atoms with Crippen molar-refractivity contribution in [1.82, 2.24) is 9.97 Å². The van der Waals surface area contributed by atoms with Crippen molar-refractivity contribution in [3.05, 3.63) is 100 Å². The Kier molecular flexibility index (Phi) is 6.37. The normalized spacial score (nSPS) is 12.8. The summed E-state index contributed by atoms with van der Waals surface area (Å²) in [6.07, 6.45) is 3.12. The van der Waals surface area contributed by atoms with Gasteiger partial charge in [-0.15, -0.1) is 0 Å². The summed E-state index contributed by atoms with van der Waals surface area (Å²) in [6, 6.07) is 21.8. The Balaban J connectivity index is 1.47. The minimum atomic E-state index is -0.134. The number of nitrogens with one attached hydrogen (secondary N) is 3. The van der Waals surface area contributed by atoms with Gasteiger partial charge in [-0.2, -0.15) is 4.98 Å². The molecule has 4 aromatic rings. The van der Waals surface area contributed by atoms with Gasteiger partial charge in [0, 0.05) is 22.6 Å². The number of hydrogen-bond acceptors (Lipinski definition) is 5. The molecule has 1 amide bonds. The monoisotopic (exact) mass is 497 g/mol. The van der Waals surface area contributed by atoms with Crippen molar-refractivity contribution >= 4 is 46.3 Å². The maximum Gasteiger partial charge on any atom is 0.255 e. The number of carbonyl (C=O) groups is 1. The molecular weight excluding hydrogens is 470 g/mol. The predicted octanol–water partition coefficient (Wildman–Crippen LogP) is 7.27. The molecule has 1 aliphatic heterocycles. The molecule has 0 fully saturated rings. The van der Waals surface area contributed by atoms with Crippen LogP contribution < -0.4 is 16.0 Å². The van der Waals surface area contributed by atoms with E-state index in [1.165, 1.54) is 11.1 Å². The lowest BCUT2D eigenvalue weighted by Crippen LogP contribution is -2.15. The summed E-state index contributed by atoms with van der Waals surface area (Å²) in [5.41, 5.74) is 6.55. The zero-order valence-electron chi connectivity index (χ0n) is 20.5. The number of benzene rings is 3. The third-order valence-corrected chi connectivity index (χ3v) is 6.52. The van der Waals surface area contributed by atoms with Gasteiger partial charge in [-0.25, -0.2) is 4.98 Å². The van der Waals surface area contributed by atoms with Crippen LogP contribution in [0.2, 0.25) is 5.02 Å². The number of carbonyl (C=O) groups excluding carboxylic acids is 1. The fourth-order valence-electron chi connectivity index (χ4n) is 4.18. The second-order valence-electron chi connectivity index (χ2n) is 9.99. The van der Waals surface area contributed by atoms with E-state index < -0.39 is 0 Å². The Morgan fingerprint density at radius 1 is 0.944 bits per heavy atom. The largest absolute Gasteiger partial charge is 0.339 e. The van der Waals surface area contributed by atoms with Crippen LogP contribution in [0.3, 0.4) is 0 Å². The smallest absolute Gasteiger partial charge is 0.255 e. The summed E-state index contributed by atoms with van der Waals surface area (Å²) in [6.45, 7) is 6.48. The lowest BCUT2D eigenvalue weighted by molar-refractivity contribution is 0.102. The van der Waals surface area contributed by atoms with Gasteiger partial charge in [0.05, 0.1) is 6.20 Å². The van der Waals surface area contributed by atoms with E-state index in [1.54, 1.807) is 6.20 Å². The van der Waals surface area contributed by atoms with Crippen molar-refractivity contribution in [2.45, 2.75) is 39.0 Å². The van der Waals surface area contributed by atoms with E-state index >= 15 is 0 Å². The number of aryl methyl sites for hydroxylation is 2. The van der Waals surface area contributed by atoms with Crippen LogP contribution in [0.15, 0.2) is 72.9 Å². The van der Waals surface area contributed by atoms with Gasteiger partial charge in [-0.3, -0.25) is 4.79 Å². The number of fused-ring (bicyclic) bond motifs is 6. The van der Waals surface area contributed by atoms with Crippen molar-refractivity contribution in [2.24, 2.45) is 0 Å². The third kappa shape index (κ3) is 5.34. The van der Waals surface area contributed by atoms with E-state index in [-0.39, 0.29) is 11.3 Å². The van der Waals surface area contributed by atoms with Crippen LogP contribution in [0, 0.1) is 0 Å². The molecule has 0 spiro atoms. The molecule has 1 aromatic heterocycles. The van der Waals surface area contributed by atoms with Crippen molar-refractivity contribution < 1.29 is 4.79 Å². The van der Waals surface area contributed by atoms with Crippen LogP contribution in [-0.4, -0.2) is 15.9 Å². The van der Waals surface area contributed by atoms with Crippen molar-refractivity contribution in [3.8, 4) is 0 Å². The van der Waals surface area contributed by atoms with Crippen LogP contribution in [0.1, 0.15) is 47.8 Å². The lowest BCUT2D eigenvalue weighted by atomic mass is 9.86. The minimum Gasteiger partial charge on any atom is -0.339 e. The highest BCUT2D eigenvalue weighted by Crippen LogP contribution is 2.30. The Hall–Kier alpha value is -3.90. The summed E-state index contributed by atoms with van der Waals surface area (Å²) in [7, 11) is 0. The summed E-state index contributed by atoms with van der Waals surface area (Å²) < 4.78 is 0. The Labute approximate surface area is 216 Å². The Morgan fingerprint density at radius 2 is 1.72 bits per heavy atom. The standard InChI is InChI=1S/C29H28ClN5O/c1-29(2,3)21-11-9-19(10-12-21)27(36)34-25-14-13-23-16-20(25)8-7-18-5-4-6-22(15-18)33-28-31-17-24(30)26(32-23)35-28/h4-6,9-17H,7-8H2,1-3H3,(H,34,36)(H2,31,32,33,35). The molecule has 182 valence electrons. The highest BCUT2D eigenvalue weighted by molar-refractivity contribution is 6.32.